The molecule has 0 bridgehead atoms. The van der Waals surface area contributed by atoms with Crippen molar-refractivity contribution >= 4 is 32.1 Å². The zero-order valence-electron chi connectivity index (χ0n) is 11.5. The summed E-state index contributed by atoms with van der Waals surface area (Å²) in [6.07, 6.45) is 1.46. The first-order chi connectivity index (χ1) is 9.37. The van der Waals surface area contributed by atoms with Gasteiger partial charge in [-0.15, -0.1) is 0 Å². The Morgan fingerprint density at radius 1 is 1.10 bits per heavy atom. The molecule has 0 radical (unpaired) electrons. The zero-order valence-corrected chi connectivity index (χ0v) is 14.1. The molecule has 0 unspecified atom stereocenters. The van der Waals surface area contributed by atoms with Gasteiger partial charge in [0.05, 0.1) is 0 Å². The molecule has 1 aliphatic carbocycles. The maximum atomic E-state index is 11.3. The van der Waals surface area contributed by atoms with Crippen molar-refractivity contribution in [1.29, 1.82) is 0 Å². The van der Waals surface area contributed by atoms with Crippen molar-refractivity contribution in [2.45, 2.75) is 49.4 Å². The van der Waals surface area contributed by atoms with E-state index in [4.69, 9.17) is 19.6 Å². The van der Waals surface area contributed by atoms with Crippen LogP contribution < -0.4 is 0 Å². The first-order valence-electron chi connectivity index (χ1n) is 6.37. The van der Waals surface area contributed by atoms with Gasteiger partial charge in [-0.05, 0) is 31.6 Å². The quantitative estimate of drug-likeness (QED) is 0.454. The van der Waals surface area contributed by atoms with Gasteiger partial charge < -0.3 is 24.7 Å². The van der Waals surface area contributed by atoms with E-state index in [1.54, 1.807) is 0 Å². The van der Waals surface area contributed by atoms with Crippen molar-refractivity contribution in [1.82, 2.24) is 0 Å². The standard InChI is InChI=1S/C10H20O8P2S/c1-7(11)21-9-4-2-8(3-5-9)6-10(12,19(13,14)15)20(16,17)18/h8-9,12H,2-6H2,1H3,(H2,13,14,15)(H2,16,17,18). The molecule has 1 rings (SSSR count). The van der Waals surface area contributed by atoms with Crippen molar-refractivity contribution in [3.8, 4) is 0 Å². The van der Waals surface area contributed by atoms with Gasteiger partial charge in [0.15, 0.2) is 5.12 Å². The minimum atomic E-state index is -5.38. The van der Waals surface area contributed by atoms with Gasteiger partial charge in [-0.3, -0.25) is 13.9 Å². The van der Waals surface area contributed by atoms with Gasteiger partial charge >= 0.3 is 15.2 Å². The van der Waals surface area contributed by atoms with E-state index in [1.165, 1.54) is 18.7 Å². The summed E-state index contributed by atoms with van der Waals surface area (Å²) in [7, 11) is -10.8. The number of thioether (sulfide) groups is 1. The normalized spacial score (nSPS) is 24.9. The number of carbonyl (C=O) groups excluding carboxylic acids is 1. The lowest BCUT2D eigenvalue weighted by Gasteiger charge is -2.35. The maximum absolute atomic E-state index is 11.3. The van der Waals surface area contributed by atoms with Crippen molar-refractivity contribution < 1.29 is 38.6 Å². The van der Waals surface area contributed by atoms with Crippen LogP contribution in [0.2, 0.25) is 0 Å². The fraction of sp³-hybridized carbons (Fsp3) is 0.900. The molecule has 8 nitrogen and oxygen atoms in total. The second-order valence-corrected chi connectivity index (χ2v) is 10.8. The Balaban J connectivity index is 2.74. The molecule has 0 aromatic rings. The highest BCUT2D eigenvalue weighted by Crippen LogP contribution is 2.70. The summed E-state index contributed by atoms with van der Waals surface area (Å²) in [6, 6.07) is 0. The SMILES string of the molecule is CC(=O)SC1CCC(CC(O)(P(=O)(O)O)P(=O)(O)O)CC1. The summed E-state index contributed by atoms with van der Waals surface area (Å²) in [5, 5.41) is 6.63. The first-order valence-corrected chi connectivity index (χ1v) is 10.5. The Labute approximate surface area is 126 Å². The van der Waals surface area contributed by atoms with Crippen LogP contribution in [-0.2, 0) is 13.9 Å². The predicted molar refractivity (Wildman–Crippen MR) is 77.7 cm³/mol. The lowest BCUT2D eigenvalue weighted by atomic mass is 9.87. The number of hydrogen-bond donors (Lipinski definition) is 5. The Bertz CT molecular complexity index is 453. The number of carbonyl (C=O) groups is 1. The van der Waals surface area contributed by atoms with Gasteiger partial charge in [-0.2, -0.15) is 0 Å². The summed E-state index contributed by atoms with van der Waals surface area (Å²) < 4.78 is 22.6. The molecule has 1 aliphatic rings. The number of aliphatic hydroxyl groups is 1. The molecule has 5 N–H and O–H groups in total. The third kappa shape index (κ3) is 4.88. The fourth-order valence-corrected chi connectivity index (χ4v) is 5.81. The van der Waals surface area contributed by atoms with Gasteiger partial charge in [-0.25, -0.2) is 0 Å². The van der Waals surface area contributed by atoms with Gasteiger partial charge in [0.25, 0.3) is 5.08 Å². The van der Waals surface area contributed by atoms with Gasteiger partial charge in [-0.1, -0.05) is 11.8 Å². The van der Waals surface area contributed by atoms with E-state index >= 15 is 0 Å². The molecule has 124 valence electrons. The molecule has 1 saturated carbocycles. The molecule has 1 fully saturated rings. The monoisotopic (exact) mass is 362 g/mol. The molecule has 0 aromatic carbocycles. The minimum absolute atomic E-state index is 0.0135. The summed E-state index contributed by atoms with van der Waals surface area (Å²) in [6.45, 7) is 1.46. The highest BCUT2D eigenvalue weighted by molar-refractivity contribution is 8.14. The third-order valence-corrected chi connectivity index (χ3v) is 8.55. The fourth-order valence-electron chi connectivity index (χ4n) is 2.48. The summed E-state index contributed by atoms with van der Waals surface area (Å²) >= 11 is 1.20. The Morgan fingerprint density at radius 2 is 1.52 bits per heavy atom. The van der Waals surface area contributed by atoms with E-state index in [2.05, 4.69) is 0 Å². The molecular weight excluding hydrogens is 342 g/mol. The molecular formula is C10H20O8P2S. The predicted octanol–water partition coefficient (Wildman–Crippen LogP) is 1.22. The molecule has 0 heterocycles. The minimum Gasteiger partial charge on any atom is -0.368 e. The summed E-state index contributed by atoms with van der Waals surface area (Å²) in [4.78, 5) is 47.4. The highest BCUT2D eigenvalue weighted by Gasteiger charge is 2.59. The van der Waals surface area contributed by atoms with Gasteiger partial charge in [0.2, 0.25) is 0 Å². The van der Waals surface area contributed by atoms with Crippen molar-refractivity contribution in [3.05, 3.63) is 0 Å². The molecule has 0 aromatic heterocycles. The van der Waals surface area contributed by atoms with Crippen molar-refractivity contribution in [2.75, 3.05) is 0 Å². The van der Waals surface area contributed by atoms with Crippen LogP contribution in [0.15, 0.2) is 0 Å². The largest absolute Gasteiger partial charge is 0.369 e. The van der Waals surface area contributed by atoms with Gasteiger partial charge in [0, 0.05) is 18.6 Å². The molecule has 0 amide bonds. The second-order valence-electron chi connectivity index (χ2n) is 5.32. The molecule has 0 aliphatic heterocycles. The Hall–Kier alpha value is 0.280. The smallest absolute Gasteiger partial charge is 0.368 e. The van der Waals surface area contributed by atoms with Crippen LogP contribution >= 0.6 is 27.0 Å². The van der Waals surface area contributed by atoms with Crippen LogP contribution in [0.4, 0.5) is 0 Å². The lowest BCUT2D eigenvalue weighted by Crippen LogP contribution is -2.33. The zero-order chi connectivity index (χ0) is 16.5. The van der Waals surface area contributed by atoms with E-state index in [0.717, 1.165) is 0 Å². The van der Waals surface area contributed by atoms with Crippen LogP contribution in [0.1, 0.15) is 39.0 Å². The van der Waals surface area contributed by atoms with E-state index in [1.807, 2.05) is 0 Å². The van der Waals surface area contributed by atoms with Crippen LogP contribution in [0.25, 0.3) is 0 Å². The summed E-state index contributed by atoms with van der Waals surface area (Å²) in [5.74, 6) is -0.404. The molecule has 21 heavy (non-hydrogen) atoms. The average molecular weight is 362 g/mol. The van der Waals surface area contributed by atoms with E-state index in [0.29, 0.717) is 25.7 Å². The van der Waals surface area contributed by atoms with Crippen LogP contribution in [0, 0.1) is 5.92 Å². The van der Waals surface area contributed by atoms with E-state index in [-0.39, 0.29) is 10.4 Å². The number of hydrogen-bond acceptors (Lipinski definition) is 5. The van der Waals surface area contributed by atoms with Crippen molar-refractivity contribution in [2.24, 2.45) is 5.92 Å². The average Bonchev–Trinajstić information content (AvgIpc) is 2.28. The third-order valence-electron chi connectivity index (χ3n) is 3.62. The summed E-state index contributed by atoms with van der Waals surface area (Å²) in [5.41, 5.74) is 0. The lowest BCUT2D eigenvalue weighted by molar-refractivity contribution is -0.109. The first kappa shape index (κ1) is 19.3. The molecule has 0 saturated heterocycles. The Kier molecular flexibility index (Phi) is 6.26. The highest BCUT2D eigenvalue weighted by atomic mass is 32.2. The molecule has 11 heteroatoms. The molecule has 0 spiro atoms. The second kappa shape index (κ2) is 6.81. The van der Waals surface area contributed by atoms with Crippen LogP contribution in [0.3, 0.4) is 0 Å². The maximum Gasteiger partial charge on any atom is 0.369 e. The topological polar surface area (TPSA) is 152 Å². The number of rotatable bonds is 5. The van der Waals surface area contributed by atoms with Crippen LogP contribution in [-0.4, -0.2) is 40.1 Å². The van der Waals surface area contributed by atoms with E-state index in [9.17, 15) is 19.0 Å². The van der Waals surface area contributed by atoms with E-state index < -0.39 is 32.6 Å². The molecule has 0 atom stereocenters. The Morgan fingerprint density at radius 3 is 1.86 bits per heavy atom. The van der Waals surface area contributed by atoms with Crippen LogP contribution in [0.5, 0.6) is 0 Å². The van der Waals surface area contributed by atoms with Gasteiger partial charge in [0.1, 0.15) is 0 Å². The van der Waals surface area contributed by atoms with Crippen molar-refractivity contribution in [3.63, 3.8) is 0 Å².